The van der Waals surface area contributed by atoms with Crippen LogP contribution in [-0.2, 0) is 33.5 Å². The highest BCUT2D eigenvalue weighted by Crippen LogP contribution is 2.22. The quantitative estimate of drug-likeness (QED) is 0.0669. The largest absolute Gasteiger partial charge is 0.444 e. The van der Waals surface area contributed by atoms with Crippen LogP contribution < -0.4 is 26.6 Å². The van der Waals surface area contributed by atoms with Crippen molar-refractivity contribution in [2.24, 2.45) is 5.92 Å². The molecule has 0 saturated carbocycles. The van der Waals surface area contributed by atoms with E-state index in [4.69, 9.17) is 4.74 Å². The molecule has 0 fully saturated rings. The summed E-state index contributed by atoms with van der Waals surface area (Å²) in [6.07, 6.45) is -1.60. The number of carbonyl (C=O) groups excluding carboxylic acids is 7. The summed E-state index contributed by atoms with van der Waals surface area (Å²) in [5.74, 6) is -5.76. The number of hydrogen-bond acceptors (Lipinski definition) is 8. The predicted molar refractivity (Wildman–Crippen MR) is 207 cm³/mol. The molecule has 0 heterocycles. The Balaban J connectivity index is -0.00000652. The van der Waals surface area contributed by atoms with Crippen LogP contribution in [0, 0.1) is 5.92 Å². The summed E-state index contributed by atoms with van der Waals surface area (Å²) in [5, 5.41) is 11.5. The van der Waals surface area contributed by atoms with Gasteiger partial charge in [-0.25, -0.2) is 4.79 Å². The highest BCUT2D eigenvalue weighted by atomic mass is 19.4. The third kappa shape index (κ3) is 25.1. The van der Waals surface area contributed by atoms with Crippen molar-refractivity contribution in [2.45, 2.75) is 131 Å². The molecule has 3 atom stereocenters. The van der Waals surface area contributed by atoms with Gasteiger partial charge in [0.05, 0.1) is 12.6 Å². The van der Waals surface area contributed by atoms with Crippen LogP contribution in [0.1, 0.15) is 101 Å². The van der Waals surface area contributed by atoms with Crippen molar-refractivity contribution in [3.05, 3.63) is 36.5 Å². The monoisotopic (exact) mass is 790 g/mol. The first-order valence-electron chi connectivity index (χ1n) is 18.5. The van der Waals surface area contributed by atoms with Gasteiger partial charge < -0.3 is 36.2 Å². The van der Waals surface area contributed by atoms with Gasteiger partial charge in [-0.2, -0.15) is 13.2 Å². The van der Waals surface area contributed by atoms with Crippen molar-refractivity contribution in [1.29, 1.82) is 0 Å². The van der Waals surface area contributed by atoms with Crippen molar-refractivity contribution < 1.29 is 51.5 Å². The lowest BCUT2D eigenvalue weighted by Crippen LogP contribution is -2.52. The van der Waals surface area contributed by atoms with Crippen LogP contribution >= 0.6 is 0 Å². The minimum atomic E-state index is -4.69. The van der Waals surface area contributed by atoms with E-state index in [1.807, 2.05) is 33.0 Å². The lowest BCUT2D eigenvalue weighted by atomic mass is 10.0. The summed E-state index contributed by atoms with van der Waals surface area (Å²) in [7, 11) is 2.85. The topological polar surface area (TPSA) is 192 Å². The number of amides is 6. The van der Waals surface area contributed by atoms with E-state index in [0.717, 1.165) is 0 Å². The summed E-state index contributed by atoms with van der Waals surface area (Å²) in [4.78, 5) is 89.5. The Kier molecular flexibility index (Phi) is 28.5. The first kappa shape index (κ1) is 54.6. The number of nitrogens with one attached hydrogen (secondary N) is 5. The van der Waals surface area contributed by atoms with Crippen LogP contribution in [0.15, 0.2) is 36.5 Å². The number of nitrogens with zero attached hydrogens (tertiary/aromatic N) is 1. The van der Waals surface area contributed by atoms with Crippen LogP contribution in [0.4, 0.5) is 18.0 Å². The lowest BCUT2D eigenvalue weighted by Gasteiger charge is -2.28. The zero-order valence-electron chi connectivity index (χ0n) is 34.6. The highest BCUT2D eigenvalue weighted by Gasteiger charge is 2.34. The van der Waals surface area contributed by atoms with Crippen molar-refractivity contribution in [2.75, 3.05) is 27.2 Å². The summed E-state index contributed by atoms with van der Waals surface area (Å²) in [6, 6.07) is -3.91. The number of likely N-dealkylation sites (N-methyl/N-ethyl adjacent to an activating group) is 2. The molecular weight excluding hydrogens is 725 g/mol. The Bertz CT molecular complexity index is 1310. The Morgan fingerprint density at radius 1 is 0.891 bits per heavy atom. The minimum absolute atomic E-state index is 0.170. The molecule has 3 unspecified atom stereocenters. The fourth-order valence-corrected chi connectivity index (χ4v) is 4.41. The molecule has 0 bridgehead atoms. The fourth-order valence-electron chi connectivity index (χ4n) is 4.41. The van der Waals surface area contributed by atoms with E-state index >= 15 is 0 Å². The van der Waals surface area contributed by atoms with E-state index < -0.39 is 90.7 Å². The van der Waals surface area contributed by atoms with Crippen molar-refractivity contribution in [3.63, 3.8) is 0 Å². The summed E-state index contributed by atoms with van der Waals surface area (Å²) in [5.41, 5.74) is -0.415. The van der Waals surface area contributed by atoms with Crippen LogP contribution in [0.3, 0.4) is 0 Å². The fraction of sp³-hybridized carbons (Fsp3) is 0.658. The molecule has 0 aromatic carbocycles. The third-order valence-corrected chi connectivity index (χ3v) is 6.95. The molecule has 55 heavy (non-hydrogen) atoms. The van der Waals surface area contributed by atoms with Gasteiger partial charge in [0.25, 0.3) is 5.91 Å². The zero-order valence-corrected chi connectivity index (χ0v) is 34.6. The average Bonchev–Trinajstić information content (AvgIpc) is 3.11. The number of hydrogen-bond donors (Lipinski definition) is 5. The normalized spacial score (nSPS) is 13.0. The molecule has 17 heteroatoms. The van der Waals surface area contributed by atoms with E-state index in [0.29, 0.717) is 12.0 Å². The molecule has 316 valence electrons. The second-order valence-electron chi connectivity index (χ2n) is 12.9. The first-order chi connectivity index (χ1) is 25.6. The van der Waals surface area contributed by atoms with Crippen molar-refractivity contribution in [3.8, 4) is 0 Å². The van der Waals surface area contributed by atoms with Crippen LogP contribution in [0.5, 0.6) is 0 Å². The SMILES string of the molecule is C=C/C=C(\C=C/C)C(NC(=O)CNC(=O)C(=O)C(CCC(F)(F)F)NC(=O)CCCCN(C)C(=O)C(NC(=O)OC(C)(C)C)C(C)C)C(=O)NC.CC.CC. The number of ether oxygens (including phenoxy) is 1. The average molecular weight is 791 g/mol. The second kappa shape index (κ2) is 28.7. The maximum absolute atomic E-state index is 13.0. The molecule has 0 aliphatic heterocycles. The number of ketones is 1. The van der Waals surface area contributed by atoms with Gasteiger partial charge in [0, 0.05) is 33.5 Å². The molecule has 14 nitrogen and oxygen atoms in total. The molecule has 0 aliphatic rings. The van der Waals surface area contributed by atoms with E-state index in [-0.39, 0.29) is 25.3 Å². The Hall–Kier alpha value is -4.70. The maximum Gasteiger partial charge on any atom is 0.408 e. The Labute approximate surface area is 324 Å². The molecule has 0 spiro atoms. The summed E-state index contributed by atoms with van der Waals surface area (Å²) >= 11 is 0. The van der Waals surface area contributed by atoms with E-state index in [1.165, 1.54) is 31.1 Å². The molecule has 0 saturated heterocycles. The molecule has 0 aromatic rings. The zero-order chi connectivity index (χ0) is 43.5. The maximum atomic E-state index is 13.0. The Morgan fingerprint density at radius 3 is 1.95 bits per heavy atom. The van der Waals surface area contributed by atoms with Crippen LogP contribution in [0.2, 0.25) is 0 Å². The molecule has 0 rings (SSSR count). The van der Waals surface area contributed by atoms with Gasteiger partial charge in [-0.15, -0.1) is 0 Å². The molecule has 0 aliphatic carbocycles. The number of carbonyl (C=O) groups is 7. The van der Waals surface area contributed by atoms with Crippen LogP contribution in [-0.4, -0.2) is 103 Å². The number of alkyl halides is 3. The second-order valence-corrected chi connectivity index (χ2v) is 12.9. The van der Waals surface area contributed by atoms with Gasteiger partial charge in [-0.3, -0.25) is 28.8 Å². The van der Waals surface area contributed by atoms with Gasteiger partial charge in [0.1, 0.15) is 17.7 Å². The molecule has 0 aromatic heterocycles. The van der Waals surface area contributed by atoms with Crippen molar-refractivity contribution in [1.82, 2.24) is 31.5 Å². The molecule has 0 radical (unpaired) electrons. The predicted octanol–water partition coefficient (Wildman–Crippen LogP) is 4.65. The smallest absolute Gasteiger partial charge is 0.408 e. The standard InChI is InChI=1S/C34H53F3N6O8.2C2H6/c1-10-14-22(15-11-2)27(29(47)38-8)41-25(45)20-39-30(48)28(46)23(17-18-34(35,36)37)40-24(44)16-12-13-19-43(9)31(49)26(21(3)4)42-32(50)51-33(5,6)7;2*1-2/h10-11,14-15,21,23,26-27H,1,12-13,16-20H2,2-9H3,(H,38,47)(H,39,48)(H,40,44)(H,41,45)(H,42,50);2*1-2H3/b15-11-,22-14+;;. The number of rotatable bonds is 20. The van der Waals surface area contributed by atoms with Gasteiger partial charge in [0.15, 0.2) is 0 Å². The van der Waals surface area contributed by atoms with Gasteiger partial charge in [-0.1, -0.05) is 72.4 Å². The summed E-state index contributed by atoms with van der Waals surface area (Å²) in [6.45, 7) is 21.2. The van der Waals surface area contributed by atoms with E-state index in [2.05, 4.69) is 27.8 Å². The van der Waals surface area contributed by atoms with Gasteiger partial charge >= 0.3 is 12.3 Å². The highest BCUT2D eigenvalue weighted by molar-refractivity contribution is 6.38. The molecule has 5 N–H and O–H groups in total. The van der Waals surface area contributed by atoms with Crippen molar-refractivity contribution >= 4 is 41.4 Å². The number of alkyl carbamates (subject to hydrolysis) is 1. The first-order valence-corrected chi connectivity index (χ1v) is 18.5. The Morgan fingerprint density at radius 2 is 1.47 bits per heavy atom. The lowest BCUT2D eigenvalue weighted by molar-refractivity contribution is -0.146. The van der Waals surface area contributed by atoms with E-state index in [9.17, 15) is 46.7 Å². The van der Waals surface area contributed by atoms with Gasteiger partial charge in [-0.05, 0) is 58.4 Å². The number of Topliss-reactive ketones (excluding diaryl/α,β-unsaturated/α-hetero) is 1. The summed E-state index contributed by atoms with van der Waals surface area (Å²) < 4.78 is 44.3. The third-order valence-electron chi connectivity index (χ3n) is 6.95. The molecular formula is C38H65F3N6O8. The van der Waals surface area contributed by atoms with E-state index in [1.54, 1.807) is 53.7 Å². The molecule has 6 amide bonds. The minimum Gasteiger partial charge on any atom is -0.444 e. The van der Waals surface area contributed by atoms with Crippen LogP contribution in [0.25, 0.3) is 0 Å². The number of unbranched alkanes of at least 4 members (excludes halogenated alkanes) is 1. The number of halogens is 3. The van der Waals surface area contributed by atoms with Gasteiger partial charge in [0.2, 0.25) is 29.4 Å². The number of allylic oxidation sites excluding steroid dienone is 3.